The van der Waals surface area contributed by atoms with Gasteiger partial charge in [0, 0.05) is 30.7 Å². The standard InChI is InChI=1S/C22H28N2O3S/c1-16-8-10-20(11-9-16)28-13-12-21(25)24(17(2)22(26)23-3)15-18-6-5-7-19(14-18)27-4/h5-11,14,17H,12-13,15H2,1-4H3,(H,23,26)/t17-/m0/s1. The van der Waals surface area contributed by atoms with Crippen molar-refractivity contribution < 1.29 is 14.3 Å². The summed E-state index contributed by atoms with van der Waals surface area (Å²) in [6.07, 6.45) is 0.365. The monoisotopic (exact) mass is 400 g/mol. The number of thioether (sulfide) groups is 1. The van der Waals surface area contributed by atoms with Gasteiger partial charge in [0.1, 0.15) is 11.8 Å². The number of benzene rings is 2. The van der Waals surface area contributed by atoms with Crippen molar-refractivity contribution in [2.45, 2.75) is 37.8 Å². The molecule has 0 unspecified atom stereocenters. The molecule has 0 aliphatic rings. The van der Waals surface area contributed by atoms with Crippen LogP contribution >= 0.6 is 11.8 Å². The van der Waals surface area contributed by atoms with Crippen LogP contribution in [0.25, 0.3) is 0 Å². The number of hydrogen-bond donors (Lipinski definition) is 1. The molecule has 0 bridgehead atoms. The van der Waals surface area contributed by atoms with Gasteiger partial charge in [-0.3, -0.25) is 9.59 Å². The van der Waals surface area contributed by atoms with Crippen LogP contribution in [-0.2, 0) is 16.1 Å². The minimum absolute atomic E-state index is 0.0430. The summed E-state index contributed by atoms with van der Waals surface area (Å²) < 4.78 is 5.26. The lowest BCUT2D eigenvalue weighted by molar-refractivity contribution is -0.140. The topological polar surface area (TPSA) is 58.6 Å². The lowest BCUT2D eigenvalue weighted by Gasteiger charge is -2.28. The van der Waals surface area contributed by atoms with Crippen LogP contribution in [0.4, 0.5) is 0 Å². The number of methoxy groups -OCH3 is 1. The Bertz CT molecular complexity index is 793. The fourth-order valence-electron chi connectivity index (χ4n) is 2.79. The number of ether oxygens (including phenoxy) is 1. The number of hydrogen-bond acceptors (Lipinski definition) is 4. The zero-order valence-corrected chi connectivity index (χ0v) is 17.7. The Labute approximate surface area is 171 Å². The average Bonchev–Trinajstić information content (AvgIpc) is 2.72. The molecule has 2 amide bonds. The van der Waals surface area contributed by atoms with E-state index >= 15 is 0 Å². The lowest BCUT2D eigenvalue weighted by Crippen LogP contribution is -2.46. The number of rotatable bonds is 9. The molecule has 0 spiro atoms. The molecule has 150 valence electrons. The molecule has 28 heavy (non-hydrogen) atoms. The maximum absolute atomic E-state index is 12.9. The van der Waals surface area contributed by atoms with Crippen molar-refractivity contribution in [1.82, 2.24) is 10.2 Å². The van der Waals surface area contributed by atoms with Gasteiger partial charge in [0.15, 0.2) is 0 Å². The fourth-order valence-corrected chi connectivity index (χ4v) is 3.63. The molecule has 0 heterocycles. The summed E-state index contributed by atoms with van der Waals surface area (Å²) in [7, 11) is 3.19. The van der Waals surface area contributed by atoms with E-state index in [9.17, 15) is 9.59 Å². The predicted octanol–water partition coefficient (Wildman–Crippen LogP) is 3.65. The highest BCUT2D eigenvalue weighted by molar-refractivity contribution is 7.99. The maximum Gasteiger partial charge on any atom is 0.242 e. The molecule has 1 atom stereocenters. The average molecular weight is 401 g/mol. The summed E-state index contributed by atoms with van der Waals surface area (Å²) in [5, 5.41) is 2.63. The SMILES string of the molecule is CNC(=O)[C@H](C)N(Cc1cccc(OC)c1)C(=O)CCSc1ccc(C)cc1. The first kappa shape index (κ1) is 21.8. The van der Waals surface area contributed by atoms with Crippen molar-refractivity contribution in [2.24, 2.45) is 0 Å². The quantitative estimate of drug-likeness (QED) is 0.653. The van der Waals surface area contributed by atoms with E-state index in [1.165, 1.54) is 5.56 Å². The molecule has 0 radical (unpaired) electrons. The van der Waals surface area contributed by atoms with Crippen LogP contribution in [0.5, 0.6) is 5.75 Å². The third kappa shape index (κ3) is 6.30. The Balaban J connectivity index is 2.05. The second-order valence-electron chi connectivity index (χ2n) is 6.57. The van der Waals surface area contributed by atoms with Gasteiger partial charge >= 0.3 is 0 Å². The minimum Gasteiger partial charge on any atom is -0.497 e. The van der Waals surface area contributed by atoms with Crippen molar-refractivity contribution in [3.8, 4) is 5.75 Å². The molecule has 0 aliphatic heterocycles. The number of aryl methyl sites for hydroxylation is 1. The van der Waals surface area contributed by atoms with Crippen molar-refractivity contribution >= 4 is 23.6 Å². The van der Waals surface area contributed by atoms with E-state index in [2.05, 4.69) is 36.5 Å². The predicted molar refractivity (Wildman–Crippen MR) is 114 cm³/mol. The van der Waals surface area contributed by atoms with Crippen molar-refractivity contribution in [1.29, 1.82) is 0 Å². The van der Waals surface area contributed by atoms with E-state index in [1.807, 2.05) is 24.3 Å². The van der Waals surface area contributed by atoms with Gasteiger partial charge in [-0.2, -0.15) is 0 Å². The summed E-state index contributed by atoms with van der Waals surface area (Å²) in [5.74, 6) is 1.17. The normalized spacial score (nSPS) is 11.6. The first-order valence-corrected chi connectivity index (χ1v) is 10.3. The first-order valence-electron chi connectivity index (χ1n) is 9.28. The lowest BCUT2D eigenvalue weighted by atomic mass is 10.1. The van der Waals surface area contributed by atoms with Gasteiger partial charge in [0.05, 0.1) is 7.11 Å². The fraction of sp³-hybridized carbons (Fsp3) is 0.364. The van der Waals surface area contributed by atoms with Crippen molar-refractivity contribution in [2.75, 3.05) is 19.9 Å². The van der Waals surface area contributed by atoms with Crippen LogP contribution in [-0.4, -0.2) is 42.7 Å². The van der Waals surface area contributed by atoms with E-state index in [0.717, 1.165) is 16.2 Å². The molecule has 6 heteroatoms. The number of likely N-dealkylation sites (N-methyl/N-ethyl adjacent to an activating group) is 1. The second kappa shape index (κ2) is 10.8. The smallest absolute Gasteiger partial charge is 0.242 e. The molecule has 0 saturated heterocycles. The summed E-state index contributed by atoms with van der Waals surface area (Å²) in [5.41, 5.74) is 2.14. The zero-order chi connectivity index (χ0) is 20.5. The summed E-state index contributed by atoms with van der Waals surface area (Å²) in [6, 6.07) is 15.3. The molecule has 5 nitrogen and oxygen atoms in total. The highest BCUT2D eigenvalue weighted by Crippen LogP contribution is 2.21. The molecule has 2 aromatic carbocycles. The Morgan fingerprint density at radius 2 is 1.89 bits per heavy atom. The highest BCUT2D eigenvalue weighted by Gasteiger charge is 2.25. The van der Waals surface area contributed by atoms with E-state index in [-0.39, 0.29) is 11.8 Å². The van der Waals surface area contributed by atoms with Gasteiger partial charge in [-0.15, -0.1) is 11.8 Å². The first-order chi connectivity index (χ1) is 13.4. The molecule has 2 aromatic rings. The molecule has 0 fully saturated rings. The van der Waals surface area contributed by atoms with Gasteiger partial charge < -0.3 is 15.0 Å². The number of carbonyl (C=O) groups is 2. The van der Waals surface area contributed by atoms with Crippen LogP contribution in [0, 0.1) is 6.92 Å². The van der Waals surface area contributed by atoms with Gasteiger partial charge in [-0.1, -0.05) is 29.8 Å². The van der Waals surface area contributed by atoms with Crippen LogP contribution in [0.1, 0.15) is 24.5 Å². The van der Waals surface area contributed by atoms with E-state index < -0.39 is 6.04 Å². The van der Waals surface area contributed by atoms with Crippen LogP contribution in [0.15, 0.2) is 53.4 Å². The number of nitrogens with one attached hydrogen (secondary N) is 1. The number of nitrogens with zero attached hydrogens (tertiary/aromatic N) is 1. The minimum atomic E-state index is -0.548. The van der Waals surface area contributed by atoms with Gasteiger partial charge in [-0.25, -0.2) is 0 Å². The number of amides is 2. The Morgan fingerprint density at radius 1 is 1.18 bits per heavy atom. The van der Waals surface area contributed by atoms with Gasteiger partial charge in [0.2, 0.25) is 11.8 Å². The van der Waals surface area contributed by atoms with E-state index in [1.54, 1.807) is 37.7 Å². The summed E-state index contributed by atoms with van der Waals surface area (Å²) in [4.78, 5) is 27.8. The van der Waals surface area contributed by atoms with Crippen molar-refractivity contribution in [3.05, 3.63) is 59.7 Å². The van der Waals surface area contributed by atoms with Crippen LogP contribution in [0.3, 0.4) is 0 Å². The number of carbonyl (C=O) groups excluding carboxylic acids is 2. The molecular weight excluding hydrogens is 372 g/mol. The van der Waals surface area contributed by atoms with Gasteiger partial charge in [-0.05, 0) is 43.7 Å². The van der Waals surface area contributed by atoms with Crippen LogP contribution < -0.4 is 10.1 Å². The largest absolute Gasteiger partial charge is 0.497 e. The molecular formula is C22H28N2O3S. The molecule has 0 saturated carbocycles. The Hall–Kier alpha value is -2.47. The second-order valence-corrected chi connectivity index (χ2v) is 7.74. The zero-order valence-electron chi connectivity index (χ0n) is 16.9. The molecule has 0 aromatic heterocycles. The van der Waals surface area contributed by atoms with Gasteiger partial charge in [0.25, 0.3) is 0 Å². The Morgan fingerprint density at radius 3 is 2.54 bits per heavy atom. The highest BCUT2D eigenvalue weighted by atomic mass is 32.2. The molecule has 1 N–H and O–H groups in total. The summed E-state index contributed by atoms with van der Waals surface area (Å²) in [6.45, 7) is 4.17. The van der Waals surface area contributed by atoms with E-state index in [0.29, 0.717) is 18.7 Å². The molecule has 0 aliphatic carbocycles. The maximum atomic E-state index is 12.9. The van der Waals surface area contributed by atoms with E-state index in [4.69, 9.17) is 4.74 Å². The summed E-state index contributed by atoms with van der Waals surface area (Å²) >= 11 is 1.65. The Kier molecular flexibility index (Phi) is 8.39. The van der Waals surface area contributed by atoms with Crippen LogP contribution in [0.2, 0.25) is 0 Å². The molecule has 2 rings (SSSR count). The van der Waals surface area contributed by atoms with Crippen molar-refractivity contribution in [3.63, 3.8) is 0 Å². The third-order valence-electron chi connectivity index (χ3n) is 4.51. The third-order valence-corrected chi connectivity index (χ3v) is 5.52.